The summed E-state index contributed by atoms with van der Waals surface area (Å²) in [5.41, 5.74) is 3.93. The number of halogens is 1. The van der Waals surface area contributed by atoms with Gasteiger partial charge in [0, 0.05) is 36.7 Å². The van der Waals surface area contributed by atoms with Gasteiger partial charge in [-0.1, -0.05) is 36.4 Å². The number of benzene rings is 3. The maximum Gasteiger partial charge on any atom is 0.253 e. The fourth-order valence-corrected chi connectivity index (χ4v) is 5.58. The Bertz CT molecular complexity index is 1150. The smallest absolute Gasteiger partial charge is 0.253 e. The number of carbonyl (C=O) groups excluding carboxylic acids is 1. The van der Waals surface area contributed by atoms with Gasteiger partial charge in [-0.05, 0) is 72.5 Å². The molecule has 5 rings (SSSR count). The number of aliphatic hydroxyl groups excluding tert-OH is 1. The number of amides is 1. The molecule has 1 amide bonds. The summed E-state index contributed by atoms with van der Waals surface area (Å²) in [6.07, 6.45) is 1.89. The van der Waals surface area contributed by atoms with Crippen LogP contribution in [0.4, 0.5) is 4.39 Å². The molecule has 0 unspecified atom stereocenters. The molecule has 3 aromatic carbocycles. The molecule has 2 fully saturated rings. The van der Waals surface area contributed by atoms with Crippen LogP contribution in [0, 0.1) is 5.82 Å². The van der Waals surface area contributed by atoms with Crippen molar-refractivity contribution < 1.29 is 19.0 Å². The molecule has 5 nitrogen and oxygen atoms in total. The average molecular weight is 475 g/mol. The molecule has 2 heterocycles. The van der Waals surface area contributed by atoms with Crippen LogP contribution in [0.3, 0.4) is 0 Å². The number of aliphatic hydroxyl groups is 1. The van der Waals surface area contributed by atoms with Crippen LogP contribution in [0.5, 0.6) is 5.75 Å². The summed E-state index contributed by atoms with van der Waals surface area (Å²) in [6, 6.07) is 22.5. The number of carbonyl (C=O) groups is 1. The predicted molar refractivity (Wildman–Crippen MR) is 134 cm³/mol. The lowest BCUT2D eigenvalue weighted by Crippen LogP contribution is -2.67. The molecule has 2 aliphatic heterocycles. The van der Waals surface area contributed by atoms with E-state index in [1.165, 1.54) is 17.7 Å². The second kappa shape index (κ2) is 10.2. The molecule has 0 radical (unpaired) electrons. The zero-order valence-corrected chi connectivity index (χ0v) is 19.9. The lowest BCUT2D eigenvalue weighted by Gasteiger charge is -2.57. The molecular weight excluding hydrogens is 443 g/mol. The molecule has 2 aliphatic rings. The first-order valence-corrected chi connectivity index (χ1v) is 12.2. The lowest BCUT2D eigenvalue weighted by molar-refractivity contribution is -0.0606. The van der Waals surface area contributed by atoms with Gasteiger partial charge in [0.25, 0.3) is 5.91 Å². The number of hydrogen-bond acceptors (Lipinski definition) is 4. The molecule has 0 spiro atoms. The van der Waals surface area contributed by atoms with Gasteiger partial charge in [0.05, 0.1) is 13.7 Å². The Labute approximate surface area is 205 Å². The Hall–Kier alpha value is -3.22. The number of methoxy groups -OCH3 is 1. The minimum Gasteiger partial charge on any atom is -0.497 e. The van der Waals surface area contributed by atoms with Crippen LogP contribution in [-0.2, 0) is 0 Å². The highest BCUT2D eigenvalue weighted by Gasteiger charge is 2.49. The lowest BCUT2D eigenvalue weighted by atomic mass is 9.74. The van der Waals surface area contributed by atoms with E-state index in [1.807, 2.05) is 29.2 Å². The number of nitrogens with zero attached hydrogens (tertiary/aromatic N) is 2. The largest absolute Gasteiger partial charge is 0.497 e. The van der Waals surface area contributed by atoms with E-state index >= 15 is 0 Å². The first-order valence-electron chi connectivity index (χ1n) is 12.2. The molecule has 6 heteroatoms. The van der Waals surface area contributed by atoms with E-state index in [2.05, 4.69) is 29.2 Å². The second-order valence-electron chi connectivity index (χ2n) is 9.40. The van der Waals surface area contributed by atoms with E-state index in [4.69, 9.17) is 4.74 Å². The van der Waals surface area contributed by atoms with Gasteiger partial charge in [-0.2, -0.15) is 0 Å². The molecule has 3 atom stereocenters. The number of rotatable bonds is 5. The van der Waals surface area contributed by atoms with Gasteiger partial charge in [-0.3, -0.25) is 9.69 Å². The molecule has 0 bridgehead atoms. The summed E-state index contributed by atoms with van der Waals surface area (Å²) < 4.78 is 18.6. The summed E-state index contributed by atoms with van der Waals surface area (Å²) in [5.74, 6) is 0.567. The predicted octanol–water partition coefficient (Wildman–Crippen LogP) is 4.57. The van der Waals surface area contributed by atoms with Crippen molar-refractivity contribution in [3.63, 3.8) is 0 Å². The third-order valence-corrected chi connectivity index (χ3v) is 7.47. The SMILES string of the molecule is COc1ccc(-c2ccc([C@H]3[C@H]4CN(C(=O)c5ccc(F)cc5)CCCCN4[C@H]3CO)cc2)cc1. The fraction of sp³-hybridized carbons (Fsp3) is 0.345. The molecule has 2 saturated heterocycles. The van der Waals surface area contributed by atoms with Gasteiger partial charge < -0.3 is 14.7 Å². The number of hydrogen-bond donors (Lipinski definition) is 1. The first-order chi connectivity index (χ1) is 17.1. The molecule has 182 valence electrons. The van der Waals surface area contributed by atoms with Crippen LogP contribution < -0.4 is 4.74 Å². The summed E-state index contributed by atoms with van der Waals surface area (Å²) in [5, 5.41) is 10.2. The monoisotopic (exact) mass is 474 g/mol. The van der Waals surface area contributed by atoms with Crippen molar-refractivity contribution in [2.24, 2.45) is 0 Å². The van der Waals surface area contributed by atoms with Crippen LogP contribution >= 0.6 is 0 Å². The van der Waals surface area contributed by atoms with Crippen molar-refractivity contribution >= 4 is 5.91 Å². The van der Waals surface area contributed by atoms with Crippen LogP contribution in [-0.4, -0.2) is 66.2 Å². The van der Waals surface area contributed by atoms with Crippen LogP contribution in [0.2, 0.25) is 0 Å². The van der Waals surface area contributed by atoms with Crippen molar-refractivity contribution in [1.82, 2.24) is 9.80 Å². The summed E-state index contributed by atoms with van der Waals surface area (Å²) in [6.45, 7) is 2.30. The molecule has 0 aromatic heterocycles. The molecule has 1 N–H and O–H groups in total. The van der Waals surface area contributed by atoms with Crippen LogP contribution in [0.1, 0.15) is 34.7 Å². The maximum absolute atomic E-state index is 13.4. The van der Waals surface area contributed by atoms with Gasteiger partial charge in [0.15, 0.2) is 0 Å². The third kappa shape index (κ3) is 4.68. The third-order valence-electron chi connectivity index (χ3n) is 7.47. The highest BCUT2D eigenvalue weighted by molar-refractivity contribution is 5.94. The maximum atomic E-state index is 13.4. The van der Waals surface area contributed by atoms with E-state index in [-0.39, 0.29) is 36.3 Å². The second-order valence-corrected chi connectivity index (χ2v) is 9.40. The van der Waals surface area contributed by atoms with E-state index < -0.39 is 0 Å². The number of ether oxygens (including phenoxy) is 1. The Morgan fingerprint density at radius 3 is 2.20 bits per heavy atom. The zero-order chi connectivity index (χ0) is 24.4. The highest BCUT2D eigenvalue weighted by atomic mass is 19.1. The Kier molecular flexibility index (Phi) is 6.84. The van der Waals surface area contributed by atoms with E-state index in [0.29, 0.717) is 18.7 Å². The highest BCUT2D eigenvalue weighted by Crippen LogP contribution is 2.42. The Balaban J connectivity index is 1.37. The quantitative estimate of drug-likeness (QED) is 0.589. The fourth-order valence-electron chi connectivity index (χ4n) is 5.58. The molecule has 35 heavy (non-hydrogen) atoms. The summed E-state index contributed by atoms with van der Waals surface area (Å²) >= 11 is 0. The van der Waals surface area contributed by atoms with E-state index in [0.717, 1.165) is 36.3 Å². The van der Waals surface area contributed by atoms with Gasteiger partial charge in [0.1, 0.15) is 11.6 Å². The van der Waals surface area contributed by atoms with Crippen molar-refractivity contribution in [2.45, 2.75) is 30.8 Å². The normalized spacial score (nSPS) is 22.5. The summed E-state index contributed by atoms with van der Waals surface area (Å²) in [4.78, 5) is 17.5. The van der Waals surface area contributed by atoms with E-state index in [9.17, 15) is 14.3 Å². The van der Waals surface area contributed by atoms with E-state index in [1.54, 1.807) is 19.2 Å². The minimum absolute atomic E-state index is 0.0488. The minimum atomic E-state index is -0.344. The zero-order valence-electron chi connectivity index (χ0n) is 19.9. The standard InChI is InChI=1S/C29H31FN2O3/c1-35-25-14-10-21(11-15-25)20-4-6-22(7-5-20)28-26-18-31(16-2-3-17-32(26)27(28)19-33)29(34)23-8-12-24(30)13-9-23/h4-15,26-28,33H,2-3,16-19H2,1H3/t26-,27+,28+/m1/s1. The van der Waals surface area contributed by atoms with Crippen molar-refractivity contribution in [2.75, 3.05) is 33.4 Å². The number of fused-ring (bicyclic) bond motifs is 1. The molecule has 3 aromatic rings. The van der Waals surface area contributed by atoms with Gasteiger partial charge in [-0.15, -0.1) is 0 Å². The molecule has 0 saturated carbocycles. The first kappa shape index (κ1) is 23.5. The van der Waals surface area contributed by atoms with Crippen molar-refractivity contribution in [1.29, 1.82) is 0 Å². The van der Waals surface area contributed by atoms with Crippen molar-refractivity contribution in [3.05, 3.63) is 89.7 Å². The topological polar surface area (TPSA) is 53.0 Å². The van der Waals surface area contributed by atoms with Crippen molar-refractivity contribution in [3.8, 4) is 16.9 Å². The van der Waals surface area contributed by atoms with Crippen LogP contribution in [0.25, 0.3) is 11.1 Å². The Morgan fingerprint density at radius 2 is 1.57 bits per heavy atom. The van der Waals surface area contributed by atoms with Gasteiger partial charge in [-0.25, -0.2) is 4.39 Å². The van der Waals surface area contributed by atoms with Crippen LogP contribution in [0.15, 0.2) is 72.8 Å². The van der Waals surface area contributed by atoms with Gasteiger partial charge in [0.2, 0.25) is 0 Å². The van der Waals surface area contributed by atoms with Gasteiger partial charge >= 0.3 is 0 Å². The average Bonchev–Trinajstić information content (AvgIpc) is 2.88. The molecule has 0 aliphatic carbocycles. The summed E-state index contributed by atoms with van der Waals surface area (Å²) in [7, 11) is 1.66. The Morgan fingerprint density at radius 1 is 0.943 bits per heavy atom. The molecular formula is C29H31FN2O3.